The minimum absolute atomic E-state index is 0.0165. The number of hydrogen-bond acceptors (Lipinski definition) is 4. The SMILES string of the molecule is COc1ccc(C(=O)N2CCN(C(=O)CCOc3ccccc3)CC2)cc1. The first-order valence-electron chi connectivity index (χ1n) is 9.06. The monoisotopic (exact) mass is 368 g/mol. The van der Waals surface area contributed by atoms with Crippen LogP contribution in [0, 0.1) is 0 Å². The average molecular weight is 368 g/mol. The zero-order valence-electron chi connectivity index (χ0n) is 15.5. The standard InChI is InChI=1S/C21H24N2O4/c1-26-18-9-7-17(8-10-18)21(25)23-14-12-22(13-15-23)20(24)11-16-27-19-5-3-2-4-6-19/h2-10H,11-16H2,1H3. The molecule has 6 heteroatoms. The highest BCUT2D eigenvalue weighted by molar-refractivity contribution is 5.94. The number of methoxy groups -OCH3 is 1. The van der Waals surface area contributed by atoms with Gasteiger partial charge in [0.1, 0.15) is 11.5 Å². The highest BCUT2D eigenvalue weighted by Crippen LogP contribution is 2.15. The zero-order valence-corrected chi connectivity index (χ0v) is 15.5. The van der Waals surface area contributed by atoms with Crippen molar-refractivity contribution in [1.82, 2.24) is 9.80 Å². The van der Waals surface area contributed by atoms with Gasteiger partial charge in [-0.05, 0) is 36.4 Å². The van der Waals surface area contributed by atoms with Crippen molar-refractivity contribution in [1.29, 1.82) is 0 Å². The molecule has 0 aliphatic carbocycles. The van der Waals surface area contributed by atoms with E-state index in [-0.39, 0.29) is 11.8 Å². The van der Waals surface area contributed by atoms with Crippen LogP contribution in [0.1, 0.15) is 16.8 Å². The van der Waals surface area contributed by atoms with E-state index in [0.717, 1.165) is 11.5 Å². The summed E-state index contributed by atoms with van der Waals surface area (Å²) in [5.74, 6) is 1.53. The molecule has 1 fully saturated rings. The summed E-state index contributed by atoms with van der Waals surface area (Å²) >= 11 is 0. The molecule has 1 heterocycles. The van der Waals surface area contributed by atoms with Crippen LogP contribution in [0.5, 0.6) is 11.5 Å². The number of amides is 2. The maximum absolute atomic E-state index is 12.6. The predicted octanol–water partition coefficient (Wildman–Crippen LogP) is 2.45. The van der Waals surface area contributed by atoms with E-state index in [9.17, 15) is 9.59 Å². The van der Waals surface area contributed by atoms with Crippen molar-refractivity contribution in [2.24, 2.45) is 0 Å². The molecule has 27 heavy (non-hydrogen) atoms. The van der Waals surface area contributed by atoms with Gasteiger partial charge in [0, 0.05) is 31.7 Å². The van der Waals surface area contributed by atoms with E-state index in [1.165, 1.54) is 0 Å². The number of carbonyl (C=O) groups excluding carboxylic acids is 2. The number of nitrogens with zero attached hydrogens (tertiary/aromatic N) is 2. The van der Waals surface area contributed by atoms with Crippen LogP contribution < -0.4 is 9.47 Å². The summed E-state index contributed by atoms with van der Waals surface area (Å²) in [7, 11) is 1.60. The van der Waals surface area contributed by atoms with Gasteiger partial charge in [-0.3, -0.25) is 9.59 Å². The summed E-state index contributed by atoms with van der Waals surface area (Å²) < 4.78 is 10.7. The van der Waals surface area contributed by atoms with Gasteiger partial charge in [0.2, 0.25) is 5.91 Å². The lowest BCUT2D eigenvalue weighted by Gasteiger charge is -2.35. The van der Waals surface area contributed by atoms with Gasteiger partial charge in [-0.2, -0.15) is 0 Å². The van der Waals surface area contributed by atoms with Gasteiger partial charge in [-0.25, -0.2) is 0 Å². The molecule has 1 aliphatic rings. The number of benzene rings is 2. The number of ether oxygens (including phenoxy) is 2. The van der Waals surface area contributed by atoms with E-state index in [1.54, 1.807) is 41.2 Å². The van der Waals surface area contributed by atoms with Crippen LogP contribution in [0.4, 0.5) is 0 Å². The topological polar surface area (TPSA) is 59.1 Å². The molecule has 2 aromatic carbocycles. The summed E-state index contributed by atoms with van der Waals surface area (Å²) in [4.78, 5) is 28.5. The third kappa shape index (κ3) is 5.00. The summed E-state index contributed by atoms with van der Waals surface area (Å²) in [5.41, 5.74) is 0.631. The molecule has 0 radical (unpaired) electrons. The van der Waals surface area contributed by atoms with E-state index in [2.05, 4.69) is 0 Å². The molecule has 6 nitrogen and oxygen atoms in total. The largest absolute Gasteiger partial charge is 0.497 e. The second-order valence-electron chi connectivity index (χ2n) is 6.31. The fraction of sp³-hybridized carbons (Fsp3) is 0.333. The summed E-state index contributed by atoms with van der Waals surface area (Å²) in [5, 5.41) is 0. The van der Waals surface area contributed by atoms with Crippen molar-refractivity contribution >= 4 is 11.8 Å². The molecule has 1 saturated heterocycles. The Hall–Kier alpha value is -3.02. The third-order valence-electron chi connectivity index (χ3n) is 4.58. The van der Waals surface area contributed by atoms with Crippen LogP contribution in [0.25, 0.3) is 0 Å². The Morgan fingerprint density at radius 3 is 2.11 bits per heavy atom. The molecule has 0 bridgehead atoms. The molecule has 142 valence electrons. The minimum Gasteiger partial charge on any atom is -0.497 e. The molecule has 1 aliphatic heterocycles. The normalized spacial score (nSPS) is 14.0. The molecule has 0 aromatic heterocycles. The van der Waals surface area contributed by atoms with Gasteiger partial charge in [-0.15, -0.1) is 0 Å². The molecule has 0 atom stereocenters. The summed E-state index contributed by atoms with van der Waals surface area (Å²) in [6.45, 7) is 2.53. The Morgan fingerprint density at radius 2 is 1.48 bits per heavy atom. The van der Waals surface area contributed by atoms with Crippen molar-refractivity contribution in [2.45, 2.75) is 6.42 Å². The second kappa shape index (κ2) is 9.07. The van der Waals surface area contributed by atoms with E-state index >= 15 is 0 Å². The van der Waals surface area contributed by atoms with Crippen molar-refractivity contribution < 1.29 is 19.1 Å². The van der Waals surface area contributed by atoms with Crippen LogP contribution in [0.15, 0.2) is 54.6 Å². The fourth-order valence-corrected chi connectivity index (χ4v) is 3.01. The van der Waals surface area contributed by atoms with Crippen molar-refractivity contribution in [2.75, 3.05) is 39.9 Å². The van der Waals surface area contributed by atoms with E-state index in [4.69, 9.17) is 9.47 Å². The average Bonchev–Trinajstić information content (AvgIpc) is 2.74. The summed E-state index contributed by atoms with van der Waals surface area (Å²) in [6, 6.07) is 16.5. The number of carbonyl (C=O) groups is 2. The number of rotatable bonds is 6. The van der Waals surface area contributed by atoms with Crippen LogP contribution >= 0.6 is 0 Å². The minimum atomic E-state index is -0.0165. The first-order valence-corrected chi connectivity index (χ1v) is 9.06. The predicted molar refractivity (Wildman–Crippen MR) is 102 cm³/mol. The first-order chi connectivity index (χ1) is 13.2. The molecule has 3 rings (SSSR count). The van der Waals surface area contributed by atoms with Crippen molar-refractivity contribution in [3.05, 3.63) is 60.2 Å². The molecule has 0 saturated carbocycles. The van der Waals surface area contributed by atoms with Gasteiger partial charge in [0.15, 0.2) is 0 Å². The van der Waals surface area contributed by atoms with Crippen LogP contribution in [-0.4, -0.2) is 61.5 Å². The van der Waals surface area contributed by atoms with Gasteiger partial charge in [-0.1, -0.05) is 18.2 Å². The fourth-order valence-electron chi connectivity index (χ4n) is 3.01. The van der Waals surface area contributed by atoms with Crippen LogP contribution in [0.3, 0.4) is 0 Å². The molecular weight excluding hydrogens is 344 g/mol. The highest BCUT2D eigenvalue weighted by atomic mass is 16.5. The Balaban J connectivity index is 1.43. The van der Waals surface area contributed by atoms with Gasteiger partial charge >= 0.3 is 0 Å². The van der Waals surface area contributed by atoms with E-state index in [0.29, 0.717) is 44.8 Å². The lowest BCUT2D eigenvalue weighted by atomic mass is 10.1. The number of para-hydroxylation sites is 1. The Morgan fingerprint density at radius 1 is 0.852 bits per heavy atom. The second-order valence-corrected chi connectivity index (χ2v) is 6.31. The van der Waals surface area contributed by atoms with Gasteiger partial charge < -0.3 is 19.3 Å². The third-order valence-corrected chi connectivity index (χ3v) is 4.58. The van der Waals surface area contributed by atoms with E-state index < -0.39 is 0 Å². The van der Waals surface area contributed by atoms with Crippen LogP contribution in [-0.2, 0) is 4.79 Å². The van der Waals surface area contributed by atoms with Crippen molar-refractivity contribution in [3.63, 3.8) is 0 Å². The summed E-state index contributed by atoms with van der Waals surface area (Å²) in [6.07, 6.45) is 0.335. The zero-order chi connectivity index (χ0) is 19.1. The Labute approximate surface area is 159 Å². The van der Waals surface area contributed by atoms with Crippen molar-refractivity contribution in [3.8, 4) is 11.5 Å². The molecule has 2 amide bonds. The maximum atomic E-state index is 12.6. The smallest absolute Gasteiger partial charge is 0.253 e. The molecule has 0 N–H and O–H groups in total. The number of hydrogen-bond donors (Lipinski definition) is 0. The highest BCUT2D eigenvalue weighted by Gasteiger charge is 2.24. The number of piperazine rings is 1. The molecular formula is C21H24N2O4. The van der Waals surface area contributed by atoms with Crippen LogP contribution in [0.2, 0.25) is 0 Å². The lowest BCUT2D eigenvalue weighted by molar-refractivity contribution is -0.133. The van der Waals surface area contributed by atoms with Gasteiger partial charge in [0.25, 0.3) is 5.91 Å². The lowest BCUT2D eigenvalue weighted by Crippen LogP contribution is -2.50. The maximum Gasteiger partial charge on any atom is 0.253 e. The van der Waals surface area contributed by atoms with Gasteiger partial charge in [0.05, 0.1) is 20.1 Å². The Bertz CT molecular complexity index is 754. The first kappa shape index (κ1) is 18.8. The Kier molecular flexibility index (Phi) is 6.30. The van der Waals surface area contributed by atoms with E-state index in [1.807, 2.05) is 30.3 Å². The molecule has 0 spiro atoms. The molecule has 2 aromatic rings. The quantitative estimate of drug-likeness (QED) is 0.786. The molecule has 0 unspecified atom stereocenters.